The van der Waals surface area contributed by atoms with Crippen LogP contribution in [0.3, 0.4) is 0 Å². The van der Waals surface area contributed by atoms with E-state index in [1.54, 1.807) is 0 Å². The van der Waals surface area contributed by atoms with Gasteiger partial charge in [-0.05, 0) is 31.7 Å². The molecule has 0 amide bonds. The van der Waals surface area contributed by atoms with Crippen LogP contribution in [-0.2, 0) is 0 Å². The van der Waals surface area contributed by atoms with E-state index in [9.17, 15) is 5.11 Å². The van der Waals surface area contributed by atoms with Crippen LogP contribution in [-0.4, -0.2) is 17.2 Å². The molecule has 1 aromatic rings. The third kappa shape index (κ3) is 4.11. The van der Waals surface area contributed by atoms with Crippen LogP contribution in [0.25, 0.3) is 0 Å². The number of hydrogen-bond donors (Lipinski definition) is 2. The van der Waals surface area contributed by atoms with Crippen molar-refractivity contribution in [3.05, 3.63) is 35.9 Å². The van der Waals surface area contributed by atoms with Crippen LogP contribution in [0.4, 0.5) is 0 Å². The average molecular weight is 247 g/mol. The third-order valence-corrected chi connectivity index (χ3v) is 3.89. The SMILES string of the molecule is CC(CC(O)c1ccccc1)NC1CCCCC1. The summed E-state index contributed by atoms with van der Waals surface area (Å²) in [6.07, 6.45) is 7.13. The zero-order valence-electron chi connectivity index (χ0n) is 11.3. The van der Waals surface area contributed by atoms with Gasteiger partial charge in [-0.15, -0.1) is 0 Å². The van der Waals surface area contributed by atoms with Gasteiger partial charge >= 0.3 is 0 Å². The molecule has 0 aliphatic heterocycles. The molecule has 1 aliphatic rings. The highest BCUT2D eigenvalue weighted by Gasteiger charge is 2.17. The summed E-state index contributed by atoms with van der Waals surface area (Å²) in [5, 5.41) is 13.8. The van der Waals surface area contributed by atoms with Gasteiger partial charge in [0.25, 0.3) is 0 Å². The minimum Gasteiger partial charge on any atom is -0.388 e. The molecule has 1 saturated carbocycles. The Morgan fingerprint density at radius 3 is 2.50 bits per heavy atom. The number of rotatable bonds is 5. The number of aliphatic hydroxyl groups is 1. The highest BCUT2D eigenvalue weighted by atomic mass is 16.3. The van der Waals surface area contributed by atoms with E-state index >= 15 is 0 Å². The van der Waals surface area contributed by atoms with E-state index in [-0.39, 0.29) is 6.10 Å². The molecule has 2 nitrogen and oxygen atoms in total. The van der Waals surface area contributed by atoms with Crippen molar-refractivity contribution in [1.29, 1.82) is 0 Å². The number of aliphatic hydroxyl groups excluding tert-OH is 1. The van der Waals surface area contributed by atoms with Crippen molar-refractivity contribution in [3.8, 4) is 0 Å². The van der Waals surface area contributed by atoms with E-state index in [1.807, 2.05) is 30.3 Å². The molecule has 0 saturated heterocycles. The Morgan fingerprint density at radius 2 is 1.83 bits per heavy atom. The molecule has 1 aliphatic carbocycles. The van der Waals surface area contributed by atoms with Gasteiger partial charge in [0.1, 0.15) is 0 Å². The second-order valence-corrected chi connectivity index (χ2v) is 5.56. The van der Waals surface area contributed by atoms with Gasteiger partial charge < -0.3 is 10.4 Å². The first kappa shape index (κ1) is 13.6. The molecule has 100 valence electrons. The van der Waals surface area contributed by atoms with E-state index in [0.29, 0.717) is 12.1 Å². The molecule has 2 N–H and O–H groups in total. The van der Waals surface area contributed by atoms with Gasteiger partial charge in [-0.2, -0.15) is 0 Å². The summed E-state index contributed by atoms with van der Waals surface area (Å²) in [6.45, 7) is 2.18. The molecule has 1 fully saturated rings. The molecule has 2 atom stereocenters. The average Bonchev–Trinajstić information content (AvgIpc) is 2.40. The summed E-state index contributed by atoms with van der Waals surface area (Å²) in [4.78, 5) is 0. The minimum absolute atomic E-state index is 0.350. The van der Waals surface area contributed by atoms with Crippen LogP contribution >= 0.6 is 0 Å². The van der Waals surface area contributed by atoms with Crippen LogP contribution in [0.1, 0.15) is 57.1 Å². The van der Waals surface area contributed by atoms with Crippen LogP contribution in [0, 0.1) is 0 Å². The molecule has 2 heteroatoms. The summed E-state index contributed by atoms with van der Waals surface area (Å²) in [5.74, 6) is 0. The van der Waals surface area contributed by atoms with Gasteiger partial charge in [-0.1, -0.05) is 49.6 Å². The topological polar surface area (TPSA) is 32.3 Å². The maximum atomic E-state index is 10.2. The van der Waals surface area contributed by atoms with Gasteiger partial charge in [0.15, 0.2) is 0 Å². The molecule has 0 radical (unpaired) electrons. The van der Waals surface area contributed by atoms with E-state index < -0.39 is 0 Å². The Labute approximate surface area is 110 Å². The Kier molecular flexibility index (Phi) is 5.21. The predicted molar refractivity (Wildman–Crippen MR) is 75.5 cm³/mol. The zero-order valence-corrected chi connectivity index (χ0v) is 11.3. The molecular weight excluding hydrogens is 222 g/mol. The molecule has 0 spiro atoms. The maximum Gasteiger partial charge on any atom is 0.0804 e. The molecule has 0 aromatic heterocycles. The maximum absolute atomic E-state index is 10.2. The third-order valence-electron chi connectivity index (χ3n) is 3.89. The van der Waals surface area contributed by atoms with Gasteiger partial charge in [0, 0.05) is 12.1 Å². The first-order valence-electron chi connectivity index (χ1n) is 7.25. The Hall–Kier alpha value is -0.860. The summed E-state index contributed by atoms with van der Waals surface area (Å²) in [5.41, 5.74) is 1.02. The highest BCUT2D eigenvalue weighted by Crippen LogP contribution is 2.21. The van der Waals surface area contributed by atoms with E-state index in [2.05, 4.69) is 12.2 Å². The van der Waals surface area contributed by atoms with Crippen molar-refractivity contribution in [1.82, 2.24) is 5.32 Å². The standard InChI is InChI=1S/C16H25NO/c1-13(17-15-10-6-3-7-11-15)12-16(18)14-8-4-2-5-9-14/h2,4-5,8-9,13,15-18H,3,6-7,10-12H2,1H3. The van der Waals surface area contributed by atoms with E-state index in [0.717, 1.165) is 12.0 Å². The lowest BCUT2D eigenvalue weighted by atomic mass is 9.94. The number of benzene rings is 1. The molecule has 0 heterocycles. The Bertz CT molecular complexity index is 332. The Morgan fingerprint density at radius 1 is 1.17 bits per heavy atom. The van der Waals surface area contributed by atoms with Crippen molar-refractivity contribution < 1.29 is 5.11 Å². The van der Waals surface area contributed by atoms with Crippen molar-refractivity contribution >= 4 is 0 Å². The minimum atomic E-state index is -0.350. The van der Waals surface area contributed by atoms with Crippen LogP contribution in [0.5, 0.6) is 0 Å². The number of hydrogen-bond acceptors (Lipinski definition) is 2. The van der Waals surface area contributed by atoms with Crippen molar-refractivity contribution in [3.63, 3.8) is 0 Å². The predicted octanol–water partition coefficient (Wildman–Crippen LogP) is 3.42. The molecular formula is C16H25NO. The lowest BCUT2D eigenvalue weighted by molar-refractivity contribution is 0.149. The highest BCUT2D eigenvalue weighted by molar-refractivity contribution is 5.17. The zero-order chi connectivity index (χ0) is 12.8. The van der Waals surface area contributed by atoms with Crippen LogP contribution in [0.15, 0.2) is 30.3 Å². The van der Waals surface area contributed by atoms with Crippen LogP contribution in [0.2, 0.25) is 0 Å². The lowest BCUT2D eigenvalue weighted by Crippen LogP contribution is -2.38. The molecule has 0 bridgehead atoms. The largest absolute Gasteiger partial charge is 0.388 e. The van der Waals surface area contributed by atoms with E-state index in [4.69, 9.17) is 0 Å². The molecule has 2 unspecified atom stereocenters. The van der Waals surface area contributed by atoms with Gasteiger partial charge in [0.2, 0.25) is 0 Å². The fraction of sp³-hybridized carbons (Fsp3) is 0.625. The molecule has 2 rings (SSSR count). The van der Waals surface area contributed by atoms with Crippen molar-refractivity contribution in [2.45, 2.75) is 63.6 Å². The lowest BCUT2D eigenvalue weighted by Gasteiger charge is -2.27. The van der Waals surface area contributed by atoms with Gasteiger partial charge in [-0.3, -0.25) is 0 Å². The second-order valence-electron chi connectivity index (χ2n) is 5.56. The monoisotopic (exact) mass is 247 g/mol. The fourth-order valence-corrected chi connectivity index (χ4v) is 2.89. The van der Waals surface area contributed by atoms with E-state index in [1.165, 1.54) is 32.1 Å². The summed E-state index contributed by atoms with van der Waals surface area (Å²) in [6, 6.07) is 11.0. The molecule has 1 aromatic carbocycles. The number of nitrogens with one attached hydrogen (secondary N) is 1. The summed E-state index contributed by atoms with van der Waals surface area (Å²) >= 11 is 0. The Balaban J connectivity index is 1.78. The normalized spacial score (nSPS) is 20.6. The van der Waals surface area contributed by atoms with Crippen LogP contribution < -0.4 is 5.32 Å². The van der Waals surface area contributed by atoms with Crippen molar-refractivity contribution in [2.24, 2.45) is 0 Å². The van der Waals surface area contributed by atoms with Gasteiger partial charge in [0.05, 0.1) is 6.10 Å². The quantitative estimate of drug-likeness (QED) is 0.835. The first-order chi connectivity index (χ1) is 8.75. The first-order valence-corrected chi connectivity index (χ1v) is 7.25. The fourth-order valence-electron chi connectivity index (χ4n) is 2.89. The summed E-state index contributed by atoms with van der Waals surface area (Å²) < 4.78 is 0. The van der Waals surface area contributed by atoms with Gasteiger partial charge in [-0.25, -0.2) is 0 Å². The smallest absolute Gasteiger partial charge is 0.0804 e. The summed E-state index contributed by atoms with van der Waals surface area (Å²) in [7, 11) is 0. The van der Waals surface area contributed by atoms with Crippen molar-refractivity contribution in [2.75, 3.05) is 0 Å². The second kappa shape index (κ2) is 6.91. The molecule has 18 heavy (non-hydrogen) atoms.